The Morgan fingerprint density at radius 2 is 1.89 bits per heavy atom. The van der Waals surface area contributed by atoms with Crippen LogP contribution in [0.1, 0.15) is 19.8 Å². The Kier molecular flexibility index (Phi) is 4.88. The van der Waals surface area contributed by atoms with Crippen molar-refractivity contribution < 1.29 is 13.2 Å². The van der Waals surface area contributed by atoms with Gasteiger partial charge in [0.25, 0.3) is 10.2 Å². The zero-order valence-corrected chi connectivity index (χ0v) is 12.3. The third-order valence-electron chi connectivity index (χ3n) is 3.65. The van der Waals surface area contributed by atoms with E-state index in [1.54, 1.807) is 8.61 Å². The molecule has 0 aliphatic carbocycles. The van der Waals surface area contributed by atoms with Crippen LogP contribution < -0.4 is 0 Å². The van der Waals surface area contributed by atoms with Crippen molar-refractivity contribution in [2.75, 3.05) is 38.7 Å². The molecule has 2 heterocycles. The summed E-state index contributed by atoms with van der Waals surface area (Å²) in [4.78, 5) is 0. The lowest BCUT2D eigenvalue weighted by atomic mass is 10.0. The summed E-state index contributed by atoms with van der Waals surface area (Å²) in [5.74, 6) is 1.09. The average Bonchev–Trinajstić information content (AvgIpc) is 2.39. The van der Waals surface area contributed by atoms with Gasteiger partial charge in [-0.05, 0) is 25.7 Å². The number of piperidine rings is 1. The van der Waals surface area contributed by atoms with Crippen molar-refractivity contribution in [3.63, 3.8) is 0 Å². The number of hydrogen-bond acceptors (Lipinski definition) is 3. The first kappa shape index (κ1) is 14.5. The van der Waals surface area contributed by atoms with Crippen molar-refractivity contribution in [2.45, 2.75) is 25.9 Å². The Hall–Kier alpha value is 0.120. The van der Waals surface area contributed by atoms with Gasteiger partial charge in [-0.2, -0.15) is 17.0 Å². The fraction of sp³-hybridized carbons (Fsp3) is 1.00. The molecule has 2 aliphatic rings. The molecule has 0 aromatic carbocycles. The number of morpholine rings is 1. The molecule has 5 nitrogen and oxygen atoms in total. The van der Waals surface area contributed by atoms with Crippen LogP contribution in [0.25, 0.3) is 0 Å². The van der Waals surface area contributed by atoms with Gasteiger partial charge in [-0.15, -0.1) is 11.6 Å². The van der Waals surface area contributed by atoms with E-state index >= 15 is 0 Å². The summed E-state index contributed by atoms with van der Waals surface area (Å²) >= 11 is 5.82. The van der Waals surface area contributed by atoms with Gasteiger partial charge in [0, 0.05) is 32.1 Å². The topological polar surface area (TPSA) is 49.9 Å². The van der Waals surface area contributed by atoms with Crippen LogP contribution in [0, 0.1) is 5.92 Å². The summed E-state index contributed by atoms with van der Waals surface area (Å²) in [6.07, 6.45) is 1.71. The number of alkyl halides is 1. The summed E-state index contributed by atoms with van der Waals surface area (Å²) in [5, 5.41) is 0. The maximum absolute atomic E-state index is 12.4. The molecule has 1 unspecified atom stereocenters. The van der Waals surface area contributed by atoms with E-state index in [4.69, 9.17) is 16.3 Å². The van der Waals surface area contributed by atoms with Gasteiger partial charge in [0.15, 0.2) is 0 Å². The second kappa shape index (κ2) is 6.05. The van der Waals surface area contributed by atoms with Crippen LogP contribution >= 0.6 is 11.6 Å². The fourth-order valence-electron chi connectivity index (χ4n) is 2.45. The van der Waals surface area contributed by atoms with Crippen molar-refractivity contribution in [3.05, 3.63) is 0 Å². The van der Waals surface area contributed by atoms with Crippen LogP contribution in [0.3, 0.4) is 0 Å². The molecule has 0 saturated carbocycles. The average molecular weight is 297 g/mol. The maximum atomic E-state index is 12.4. The third-order valence-corrected chi connectivity index (χ3v) is 6.09. The van der Waals surface area contributed by atoms with Crippen LogP contribution in [0.4, 0.5) is 0 Å². The highest BCUT2D eigenvalue weighted by Crippen LogP contribution is 2.23. The summed E-state index contributed by atoms with van der Waals surface area (Å²) in [5.41, 5.74) is 0. The van der Waals surface area contributed by atoms with Crippen molar-refractivity contribution in [1.29, 1.82) is 0 Å². The quantitative estimate of drug-likeness (QED) is 0.727. The molecular formula is C11H21ClN2O3S. The molecule has 2 fully saturated rings. The highest BCUT2D eigenvalue weighted by atomic mass is 35.5. The van der Waals surface area contributed by atoms with Crippen LogP contribution in [-0.4, -0.2) is 61.8 Å². The van der Waals surface area contributed by atoms with E-state index in [1.807, 2.05) is 6.92 Å². The lowest BCUT2D eigenvalue weighted by Gasteiger charge is -2.37. The molecule has 0 radical (unpaired) electrons. The summed E-state index contributed by atoms with van der Waals surface area (Å²) in [6, 6.07) is 0. The van der Waals surface area contributed by atoms with E-state index in [0.29, 0.717) is 44.6 Å². The predicted octanol–water partition coefficient (Wildman–Crippen LogP) is 0.903. The Morgan fingerprint density at radius 1 is 1.22 bits per heavy atom. The lowest BCUT2D eigenvalue weighted by Crippen LogP contribution is -2.52. The molecule has 2 aliphatic heterocycles. The summed E-state index contributed by atoms with van der Waals surface area (Å²) in [6.45, 7) is 4.48. The number of ether oxygens (including phenoxy) is 1. The van der Waals surface area contributed by atoms with Crippen LogP contribution in [-0.2, 0) is 14.9 Å². The van der Waals surface area contributed by atoms with Crippen molar-refractivity contribution >= 4 is 21.8 Å². The van der Waals surface area contributed by atoms with Crippen LogP contribution in [0.5, 0.6) is 0 Å². The monoisotopic (exact) mass is 296 g/mol. The third kappa shape index (κ3) is 3.17. The normalized spacial score (nSPS) is 29.6. The Labute approximate surface area is 114 Å². The Balaban J connectivity index is 1.98. The van der Waals surface area contributed by atoms with Crippen LogP contribution in [0.2, 0.25) is 0 Å². The maximum Gasteiger partial charge on any atom is 0.282 e. The van der Waals surface area contributed by atoms with Gasteiger partial charge in [0.1, 0.15) is 0 Å². The van der Waals surface area contributed by atoms with Gasteiger partial charge in [0.05, 0.1) is 12.7 Å². The molecular weight excluding hydrogens is 276 g/mol. The van der Waals surface area contributed by atoms with E-state index in [2.05, 4.69) is 0 Å². The van der Waals surface area contributed by atoms with Gasteiger partial charge in [-0.1, -0.05) is 0 Å². The van der Waals surface area contributed by atoms with Crippen molar-refractivity contribution in [1.82, 2.24) is 8.61 Å². The Bertz CT molecular complexity index is 368. The predicted molar refractivity (Wildman–Crippen MR) is 70.9 cm³/mol. The van der Waals surface area contributed by atoms with E-state index < -0.39 is 10.2 Å². The molecule has 0 spiro atoms. The van der Waals surface area contributed by atoms with E-state index in [1.165, 1.54) is 0 Å². The summed E-state index contributed by atoms with van der Waals surface area (Å²) < 4.78 is 33.4. The fourth-order valence-corrected chi connectivity index (χ4v) is 4.46. The first-order valence-corrected chi connectivity index (χ1v) is 8.40. The van der Waals surface area contributed by atoms with E-state index in [9.17, 15) is 8.42 Å². The number of halogens is 1. The van der Waals surface area contributed by atoms with Crippen molar-refractivity contribution in [3.8, 4) is 0 Å². The SMILES string of the molecule is CC1CN(S(=O)(=O)N2CCC(CCl)CC2)CCO1. The van der Waals surface area contributed by atoms with Crippen LogP contribution in [0.15, 0.2) is 0 Å². The zero-order chi connectivity index (χ0) is 13.2. The van der Waals surface area contributed by atoms with Gasteiger partial charge in [-0.3, -0.25) is 0 Å². The highest BCUT2D eigenvalue weighted by molar-refractivity contribution is 7.86. The number of rotatable bonds is 3. The van der Waals surface area contributed by atoms with Gasteiger partial charge < -0.3 is 4.74 Å². The smallest absolute Gasteiger partial charge is 0.282 e. The van der Waals surface area contributed by atoms with Gasteiger partial charge in [0.2, 0.25) is 0 Å². The molecule has 0 amide bonds. The highest BCUT2D eigenvalue weighted by Gasteiger charge is 2.34. The molecule has 106 valence electrons. The molecule has 0 bridgehead atoms. The first-order valence-electron chi connectivity index (χ1n) is 6.47. The van der Waals surface area contributed by atoms with Gasteiger partial charge >= 0.3 is 0 Å². The number of hydrogen-bond donors (Lipinski definition) is 0. The zero-order valence-electron chi connectivity index (χ0n) is 10.7. The minimum atomic E-state index is -3.31. The van der Waals surface area contributed by atoms with E-state index in [-0.39, 0.29) is 6.10 Å². The minimum Gasteiger partial charge on any atom is -0.376 e. The molecule has 7 heteroatoms. The minimum absolute atomic E-state index is 0.0195. The van der Waals surface area contributed by atoms with E-state index in [0.717, 1.165) is 12.8 Å². The molecule has 0 aromatic heterocycles. The molecule has 2 rings (SSSR count). The number of nitrogens with zero attached hydrogens (tertiary/aromatic N) is 2. The largest absolute Gasteiger partial charge is 0.376 e. The molecule has 0 aromatic rings. The first-order chi connectivity index (χ1) is 8.54. The van der Waals surface area contributed by atoms with Crippen molar-refractivity contribution in [2.24, 2.45) is 5.92 Å². The Morgan fingerprint density at radius 3 is 2.44 bits per heavy atom. The molecule has 1 atom stereocenters. The van der Waals surface area contributed by atoms with Gasteiger partial charge in [-0.25, -0.2) is 0 Å². The second-order valence-electron chi connectivity index (χ2n) is 5.04. The molecule has 0 N–H and O–H groups in total. The molecule has 2 saturated heterocycles. The molecule has 18 heavy (non-hydrogen) atoms. The second-order valence-corrected chi connectivity index (χ2v) is 7.28. The standard InChI is InChI=1S/C11H21ClN2O3S/c1-10-9-14(6-7-17-10)18(15,16)13-4-2-11(8-12)3-5-13/h10-11H,2-9H2,1H3. The lowest BCUT2D eigenvalue weighted by molar-refractivity contribution is 0.00792. The summed E-state index contributed by atoms with van der Waals surface area (Å²) in [7, 11) is -3.31.